The second kappa shape index (κ2) is 11.8. The van der Waals surface area contributed by atoms with Gasteiger partial charge in [-0.05, 0) is 55.8 Å². The number of hydrogen-bond donors (Lipinski definition) is 3. The van der Waals surface area contributed by atoms with Crippen molar-refractivity contribution in [2.45, 2.75) is 19.4 Å². The number of fused-ring (bicyclic) bond motifs is 1. The molecule has 7 heteroatoms. The van der Waals surface area contributed by atoms with E-state index in [1.807, 2.05) is 48.5 Å². The minimum atomic E-state index is -0.641. The Morgan fingerprint density at radius 2 is 1.82 bits per heavy atom. The van der Waals surface area contributed by atoms with E-state index in [2.05, 4.69) is 39.2 Å². The fraction of sp³-hybridized carbons (Fsp3) is 0.226. The van der Waals surface area contributed by atoms with Crippen LogP contribution < -0.4 is 5.32 Å². The van der Waals surface area contributed by atoms with Crippen molar-refractivity contribution in [3.05, 3.63) is 95.1 Å². The van der Waals surface area contributed by atoms with Crippen LogP contribution in [0.1, 0.15) is 35.1 Å². The average molecular weight is 509 g/mol. The Hall–Kier alpha value is -4.41. The number of nitrogens with zero attached hydrogens (tertiary/aromatic N) is 2. The van der Waals surface area contributed by atoms with Crippen LogP contribution in [0.3, 0.4) is 0 Å². The summed E-state index contributed by atoms with van der Waals surface area (Å²) in [5.74, 6) is 4.70. The first-order valence-electron chi connectivity index (χ1n) is 12.8. The molecule has 0 saturated carbocycles. The molecular weight excluding hydrogens is 479 g/mol. The predicted molar refractivity (Wildman–Crippen MR) is 149 cm³/mol. The zero-order valence-corrected chi connectivity index (χ0v) is 21.0. The zero-order valence-electron chi connectivity index (χ0n) is 21.0. The molecule has 3 aromatic carbocycles. The Bertz CT molecular complexity index is 1510. The molecule has 1 fully saturated rings. The highest BCUT2D eigenvalue weighted by Crippen LogP contribution is 2.32. The maximum atomic E-state index is 12.2. The molecule has 6 nitrogen and oxygen atoms in total. The average Bonchev–Trinajstić information content (AvgIpc) is 3.57. The fourth-order valence-electron chi connectivity index (χ4n) is 4.70. The van der Waals surface area contributed by atoms with Crippen LogP contribution >= 0.6 is 0 Å². The molecule has 38 heavy (non-hydrogen) atoms. The van der Waals surface area contributed by atoms with Gasteiger partial charge in [0.15, 0.2) is 5.88 Å². The van der Waals surface area contributed by atoms with Gasteiger partial charge in [-0.1, -0.05) is 54.5 Å². The number of amides is 1. The topological polar surface area (TPSA) is 80.7 Å². The molecule has 1 aliphatic heterocycles. The summed E-state index contributed by atoms with van der Waals surface area (Å²) < 4.78 is 12.2. The van der Waals surface area contributed by atoms with Crippen LogP contribution in [0.25, 0.3) is 10.9 Å². The number of aliphatic imine (C=N–C) groups is 1. The Morgan fingerprint density at radius 3 is 2.55 bits per heavy atom. The lowest BCUT2D eigenvalue weighted by molar-refractivity contribution is -0.115. The minimum absolute atomic E-state index is 0.000875. The summed E-state index contributed by atoms with van der Waals surface area (Å²) in [5, 5.41) is 14.1. The van der Waals surface area contributed by atoms with E-state index in [0.717, 1.165) is 36.3 Å². The highest BCUT2D eigenvalue weighted by Gasteiger charge is 2.19. The van der Waals surface area contributed by atoms with Crippen molar-refractivity contribution < 1.29 is 14.3 Å². The largest absolute Gasteiger partial charge is 0.494 e. The first-order valence-corrected chi connectivity index (χ1v) is 12.8. The molecule has 2 heterocycles. The molecule has 0 radical (unpaired) electrons. The van der Waals surface area contributed by atoms with Gasteiger partial charge in [-0.25, -0.2) is 9.38 Å². The molecular formula is C31H29FN4O2. The number of nitrogens with one attached hydrogen (secondary N) is 2. The van der Waals surface area contributed by atoms with Crippen LogP contribution in [0.2, 0.25) is 0 Å². The monoisotopic (exact) mass is 508 g/mol. The maximum absolute atomic E-state index is 12.2. The summed E-state index contributed by atoms with van der Waals surface area (Å²) in [7, 11) is 0. The molecule has 1 aromatic heterocycles. The number of benzene rings is 3. The molecule has 3 N–H and O–H groups in total. The lowest BCUT2D eigenvalue weighted by Gasteiger charge is -2.14. The van der Waals surface area contributed by atoms with Gasteiger partial charge < -0.3 is 15.4 Å². The third kappa shape index (κ3) is 5.93. The Morgan fingerprint density at radius 1 is 1.05 bits per heavy atom. The van der Waals surface area contributed by atoms with Crippen molar-refractivity contribution in [1.82, 2.24) is 15.2 Å². The lowest BCUT2D eigenvalue weighted by atomic mass is 10.00. The summed E-state index contributed by atoms with van der Waals surface area (Å²) in [5.41, 5.74) is 5.42. The minimum Gasteiger partial charge on any atom is -0.494 e. The van der Waals surface area contributed by atoms with Crippen LogP contribution in [0.5, 0.6) is 5.88 Å². The van der Waals surface area contributed by atoms with Gasteiger partial charge in [-0.15, -0.1) is 0 Å². The molecule has 0 spiro atoms. The van der Waals surface area contributed by atoms with E-state index in [-0.39, 0.29) is 12.4 Å². The summed E-state index contributed by atoms with van der Waals surface area (Å²) in [6, 6.07) is 23.4. The third-order valence-corrected chi connectivity index (χ3v) is 6.55. The van der Waals surface area contributed by atoms with Crippen molar-refractivity contribution in [3.63, 3.8) is 0 Å². The third-order valence-electron chi connectivity index (χ3n) is 6.55. The number of hydrogen-bond acceptors (Lipinski definition) is 4. The maximum Gasteiger partial charge on any atom is 0.296 e. The van der Waals surface area contributed by atoms with Crippen LogP contribution in [0.15, 0.2) is 77.8 Å². The first-order chi connectivity index (χ1) is 18.6. The van der Waals surface area contributed by atoms with Crippen LogP contribution in [-0.2, 0) is 11.3 Å². The van der Waals surface area contributed by atoms with Gasteiger partial charge in [0.1, 0.15) is 6.67 Å². The van der Waals surface area contributed by atoms with E-state index in [0.29, 0.717) is 22.4 Å². The van der Waals surface area contributed by atoms with E-state index in [4.69, 9.17) is 4.99 Å². The van der Waals surface area contributed by atoms with Gasteiger partial charge in [0.05, 0.1) is 22.5 Å². The van der Waals surface area contributed by atoms with Crippen molar-refractivity contribution in [3.8, 4) is 17.7 Å². The van der Waals surface area contributed by atoms with Gasteiger partial charge in [-0.3, -0.25) is 9.69 Å². The smallest absolute Gasteiger partial charge is 0.296 e. The Labute approximate surface area is 221 Å². The number of aromatic nitrogens is 1. The van der Waals surface area contributed by atoms with Crippen molar-refractivity contribution in [2.24, 2.45) is 4.99 Å². The zero-order chi connectivity index (χ0) is 26.3. The SMILES string of the molecule is O=C(C#Cc1ccc2c(C(=Nc3ccc(CN4CCCC4)cc3)c3ccccc3)c(O)[nH]c2c1)NCCF. The summed E-state index contributed by atoms with van der Waals surface area (Å²) in [6.07, 6.45) is 2.53. The van der Waals surface area contributed by atoms with Crippen LogP contribution in [0, 0.1) is 11.8 Å². The lowest BCUT2D eigenvalue weighted by Crippen LogP contribution is -2.23. The van der Waals surface area contributed by atoms with Gasteiger partial charge in [0.25, 0.3) is 5.91 Å². The Balaban J connectivity index is 1.49. The van der Waals surface area contributed by atoms with Crippen LogP contribution in [0.4, 0.5) is 10.1 Å². The number of H-pyrrole nitrogens is 1. The number of aromatic hydroxyl groups is 1. The van der Waals surface area contributed by atoms with Gasteiger partial charge in [0, 0.05) is 35.5 Å². The van der Waals surface area contributed by atoms with E-state index >= 15 is 0 Å². The predicted octanol–water partition coefficient (Wildman–Crippen LogP) is 5.08. The molecule has 1 aliphatic rings. The van der Waals surface area contributed by atoms with Gasteiger partial charge in [0.2, 0.25) is 0 Å². The molecule has 0 atom stereocenters. The number of rotatable bonds is 7. The van der Waals surface area contributed by atoms with Crippen LogP contribution in [-0.4, -0.2) is 52.9 Å². The number of halogens is 1. The van der Waals surface area contributed by atoms with E-state index in [9.17, 15) is 14.3 Å². The number of carbonyl (C=O) groups excluding carboxylic acids is 1. The number of likely N-dealkylation sites (tertiary alicyclic amines) is 1. The van der Waals surface area contributed by atoms with Crippen molar-refractivity contribution in [2.75, 3.05) is 26.3 Å². The summed E-state index contributed by atoms with van der Waals surface area (Å²) >= 11 is 0. The number of aromatic amines is 1. The quantitative estimate of drug-likeness (QED) is 0.241. The van der Waals surface area contributed by atoms with E-state index < -0.39 is 12.6 Å². The number of carbonyl (C=O) groups is 1. The van der Waals surface area contributed by atoms with E-state index in [1.54, 1.807) is 12.1 Å². The molecule has 1 saturated heterocycles. The molecule has 0 unspecified atom stereocenters. The second-order valence-electron chi connectivity index (χ2n) is 9.28. The molecule has 0 aliphatic carbocycles. The number of alkyl halides is 1. The fourth-order valence-corrected chi connectivity index (χ4v) is 4.70. The van der Waals surface area contributed by atoms with Gasteiger partial charge in [-0.2, -0.15) is 0 Å². The summed E-state index contributed by atoms with van der Waals surface area (Å²) in [4.78, 5) is 22.2. The summed E-state index contributed by atoms with van der Waals surface area (Å²) in [6.45, 7) is 2.54. The first kappa shape index (κ1) is 25.2. The van der Waals surface area contributed by atoms with Gasteiger partial charge >= 0.3 is 0 Å². The molecule has 1 amide bonds. The van der Waals surface area contributed by atoms with E-state index in [1.165, 1.54) is 18.4 Å². The highest BCUT2D eigenvalue weighted by molar-refractivity contribution is 6.22. The molecule has 5 rings (SSSR count). The Kier molecular flexibility index (Phi) is 7.81. The van der Waals surface area contributed by atoms with Crippen molar-refractivity contribution >= 4 is 28.2 Å². The molecule has 192 valence electrons. The standard InChI is InChI=1S/C31H29FN4O2/c32-16-17-33-28(37)15-11-22-10-14-26-27(20-22)35-31(38)29(26)30(24-6-2-1-3-7-24)34-25-12-8-23(9-13-25)21-36-18-4-5-19-36/h1-3,6-10,12-14,20,35,38H,4-5,16-19,21H2,(H,33,37). The molecule has 4 aromatic rings. The second-order valence-corrected chi connectivity index (χ2v) is 9.28. The van der Waals surface area contributed by atoms with Crippen molar-refractivity contribution in [1.29, 1.82) is 0 Å². The normalized spacial score (nSPS) is 13.9. The molecule has 0 bridgehead atoms. The highest BCUT2D eigenvalue weighted by atomic mass is 19.1.